The zero-order chi connectivity index (χ0) is 92.1. The fourth-order valence-electron chi connectivity index (χ4n) is 20.4. The van der Waals surface area contributed by atoms with Gasteiger partial charge in [0, 0.05) is 49.0 Å². The van der Waals surface area contributed by atoms with E-state index >= 15 is 0 Å². The largest absolute Gasteiger partial charge is 0.308 e. The number of benzene rings is 19. The fraction of sp³-hybridized carbons (Fsp3) is 0.0323. The number of anilines is 3. The predicted molar refractivity (Wildman–Crippen MR) is 552 cm³/mol. The average Bonchev–Trinajstić information content (AvgIpc) is 1.55. The molecule has 0 fully saturated rings. The number of rotatable bonds is 13. The van der Waals surface area contributed by atoms with Gasteiger partial charge in [0.05, 0.1) is 101 Å². The molecule has 0 aliphatic carbocycles. The fourth-order valence-corrected chi connectivity index (χ4v) is 20.4. The van der Waals surface area contributed by atoms with Crippen LogP contribution in [0.15, 0.2) is 437 Å². The molecule has 3 aliphatic rings. The van der Waals surface area contributed by atoms with Crippen LogP contribution in [0.4, 0.5) is 17.1 Å². The lowest BCUT2D eigenvalue weighted by Gasteiger charge is -2.17. The van der Waals surface area contributed by atoms with Crippen molar-refractivity contribution < 1.29 is 28.8 Å². The molecule has 0 N–H and O–H groups in total. The number of nitrogens with zero attached hydrogens (tertiary/aromatic N) is 6. The maximum Gasteiger partial charge on any atom is 0.268 e. The summed E-state index contributed by atoms with van der Waals surface area (Å²) in [6, 6.07) is 146. The summed E-state index contributed by atoms with van der Waals surface area (Å²) in [5, 5.41) is 6.53. The smallest absolute Gasteiger partial charge is 0.268 e. The van der Waals surface area contributed by atoms with Gasteiger partial charge in [-0.15, -0.1) is 0 Å². The van der Waals surface area contributed by atoms with Gasteiger partial charge in [0.1, 0.15) is 0 Å². The Labute approximate surface area is 785 Å². The van der Waals surface area contributed by atoms with Gasteiger partial charge in [-0.25, -0.2) is 14.7 Å². The van der Waals surface area contributed by atoms with Crippen LogP contribution in [0.2, 0.25) is 0 Å². The third-order valence-electron chi connectivity index (χ3n) is 26.6. The van der Waals surface area contributed by atoms with E-state index in [4.69, 9.17) is 0 Å². The van der Waals surface area contributed by atoms with E-state index in [-0.39, 0.29) is 35.4 Å². The number of hydrogen-bond acceptors (Lipinski definition) is 6. The van der Waals surface area contributed by atoms with Crippen LogP contribution in [0.5, 0.6) is 0 Å². The Morgan fingerprint density at radius 2 is 0.419 bits per heavy atom. The molecule has 22 aromatic rings. The molecule has 6 heterocycles. The lowest BCUT2D eigenvalue weighted by Crippen LogP contribution is -2.29. The predicted octanol–water partition coefficient (Wildman–Crippen LogP) is 29.7. The normalized spacial score (nSPS) is 12.8. The Morgan fingerprint density at radius 3 is 0.809 bits per heavy atom. The number of imide groups is 3. The summed E-state index contributed by atoms with van der Waals surface area (Å²) in [6.45, 7) is 8.39. The Hall–Kier alpha value is -18.0. The van der Waals surface area contributed by atoms with Crippen LogP contribution in [0.3, 0.4) is 0 Å². The van der Waals surface area contributed by atoms with Gasteiger partial charge in [-0.3, -0.25) is 28.8 Å². The van der Waals surface area contributed by atoms with Crippen molar-refractivity contribution in [2.45, 2.75) is 27.7 Å². The highest BCUT2D eigenvalue weighted by Gasteiger charge is 2.43. The van der Waals surface area contributed by atoms with E-state index in [9.17, 15) is 28.8 Å². The molecule has 12 nitrogen and oxygen atoms in total. The van der Waals surface area contributed by atoms with Crippen LogP contribution >= 0.6 is 0 Å². The quantitative estimate of drug-likeness (QED) is 0.106. The van der Waals surface area contributed by atoms with Crippen LogP contribution in [-0.4, -0.2) is 49.1 Å². The van der Waals surface area contributed by atoms with E-state index < -0.39 is 0 Å². The van der Waals surface area contributed by atoms with E-state index in [2.05, 4.69) is 236 Å². The molecule has 646 valence electrons. The molecular formula is C124H84N6O6. The second kappa shape index (κ2) is 33.7. The minimum absolute atomic E-state index is 0.312. The maximum absolute atomic E-state index is 14.7. The molecule has 0 radical (unpaired) electrons. The Kier molecular flexibility index (Phi) is 20.4. The summed E-state index contributed by atoms with van der Waals surface area (Å²) >= 11 is 0. The van der Waals surface area contributed by atoms with E-state index in [1.54, 1.807) is 18.2 Å². The number of carbonyl (C=O) groups is 6. The molecule has 0 bridgehead atoms. The van der Waals surface area contributed by atoms with Gasteiger partial charge in [-0.05, 0) is 180 Å². The van der Waals surface area contributed by atoms with Crippen molar-refractivity contribution >= 4 is 118 Å². The highest BCUT2D eigenvalue weighted by molar-refractivity contribution is 6.38. The molecule has 0 saturated carbocycles. The van der Waals surface area contributed by atoms with Crippen molar-refractivity contribution in [1.82, 2.24) is 13.7 Å². The Morgan fingerprint density at radius 1 is 0.162 bits per heavy atom. The average molecular weight is 1750 g/mol. The molecule has 25 rings (SSSR count). The minimum Gasteiger partial charge on any atom is -0.308 e. The molecule has 12 heteroatoms. The summed E-state index contributed by atoms with van der Waals surface area (Å²) in [4.78, 5) is 89.3. The third kappa shape index (κ3) is 14.0. The molecule has 0 spiro atoms. The second-order valence-corrected chi connectivity index (χ2v) is 35.0. The van der Waals surface area contributed by atoms with Crippen molar-refractivity contribution in [2.24, 2.45) is 0 Å². The van der Waals surface area contributed by atoms with Crippen LogP contribution in [0, 0.1) is 27.7 Å². The van der Waals surface area contributed by atoms with E-state index in [0.29, 0.717) is 67.5 Å². The first kappa shape index (κ1) is 82.4. The van der Waals surface area contributed by atoms with Crippen molar-refractivity contribution in [1.29, 1.82) is 0 Å². The molecule has 136 heavy (non-hydrogen) atoms. The number of aromatic nitrogens is 3. The highest BCUT2D eigenvalue weighted by Crippen LogP contribution is 2.48. The van der Waals surface area contributed by atoms with Crippen molar-refractivity contribution in [3.8, 4) is 95.0 Å². The molecule has 0 atom stereocenters. The SMILES string of the molecule is Cc1cccc(-c2ccc3c4ccccc4n(-c4cccc5c4C(=O)N(c4cccc(-c6ccccc6)c4)C5=O)c3c2)c1.Cc1cccc(-c2cccc3c4cccc(-c5cccc(C)c5)c4n(-c4cccc5c4C(=O)N(c4cccc(-c6ccccc6)c4)C5=O)c23)c1.Cc1cccc(-c2cccc3c4ccccc4n(-c4cccc5c4C(=O)N(c4cccc(-c6ccccc6)c4)C5=O)c23)c1. The van der Waals surface area contributed by atoms with Gasteiger partial charge < -0.3 is 13.7 Å². The lowest BCUT2D eigenvalue weighted by atomic mass is 9.99. The molecular weight excluding hydrogens is 1670 g/mol. The number of hydrogen-bond donors (Lipinski definition) is 0. The Balaban J connectivity index is 0.000000115. The number of aryl methyl sites for hydroxylation is 4. The number of amides is 6. The van der Waals surface area contributed by atoms with E-state index in [1.807, 2.05) is 224 Å². The highest BCUT2D eigenvalue weighted by atomic mass is 16.2. The van der Waals surface area contributed by atoms with Crippen LogP contribution in [0.25, 0.3) is 160 Å². The third-order valence-corrected chi connectivity index (χ3v) is 26.6. The summed E-state index contributed by atoms with van der Waals surface area (Å²) in [5.41, 5.74) is 31.4. The zero-order valence-corrected chi connectivity index (χ0v) is 74.7. The zero-order valence-electron chi connectivity index (χ0n) is 74.7. The van der Waals surface area contributed by atoms with Crippen LogP contribution in [-0.2, 0) is 0 Å². The van der Waals surface area contributed by atoms with Crippen molar-refractivity contribution in [3.63, 3.8) is 0 Å². The summed E-state index contributed by atoms with van der Waals surface area (Å²) in [6.07, 6.45) is 0. The summed E-state index contributed by atoms with van der Waals surface area (Å²) in [7, 11) is 0. The summed E-state index contributed by atoms with van der Waals surface area (Å²) in [5.74, 6) is -1.92. The molecule has 3 aromatic heterocycles. The second-order valence-electron chi connectivity index (χ2n) is 35.0. The number of carbonyl (C=O) groups excluding carboxylic acids is 6. The van der Waals surface area contributed by atoms with Gasteiger partial charge in [-0.2, -0.15) is 0 Å². The van der Waals surface area contributed by atoms with Gasteiger partial charge >= 0.3 is 0 Å². The van der Waals surface area contributed by atoms with Gasteiger partial charge in [0.15, 0.2) is 0 Å². The molecule has 19 aromatic carbocycles. The molecule has 0 saturated heterocycles. The lowest BCUT2D eigenvalue weighted by molar-refractivity contribution is 0.0910. The molecule has 0 unspecified atom stereocenters. The monoisotopic (exact) mass is 1750 g/mol. The number of fused-ring (bicyclic) bond motifs is 12. The number of para-hydroxylation sites is 5. The van der Waals surface area contributed by atoms with E-state index in [1.165, 1.54) is 25.8 Å². The summed E-state index contributed by atoms with van der Waals surface area (Å²) < 4.78 is 6.53. The van der Waals surface area contributed by atoms with Crippen LogP contribution in [0.1, 0.15) is 84.4 Å². The first-order chi connectivity index (χ1) is 66.7. The van der Waals surface area contributed by atoms with Crippen molar-refractivity contribution in [3.05, 3.63) is 492 Å². The van der Waals surface area contributed by atoms with Gasteiger partial charge in [0.2, 0.25) is 0 Å². The van der Waals surface area contributed by atoms with Gasteiger partial charge in [-0.1, -0.05) is 368 Å². The molecule has 3 aliphatic heterocycles. The van der Waals surface area contributed by atoms with E-state index in [0.717, 1.165) is 154 Å². The van der Waals surface area contributed by atoms with Gasteiger partial charge in [0.25, 0.3) is 35.4 Å². The topological polar surface area (TPSA) is 127 Å². The maximum atomic E-state index is 14.7. The van der Waals surface area contributed by atoms with Crippen molar-refractivity contribution in [2.75, 3.05) is 14.7 Å². The Bertz CT molecular complexity index is 8660. The first-order valence-corrected chi connectivity index (χ1v) is 45.6. The minimum atomic E-state index is -0.332. The molecule has 6 amide bonds. The first-order valence-electron chi connectivity index (χ1n) is 45.6. The van der Waals surface area contributed by atoms with Crippen LogP contribution < -0.4 is 14.7 Å². The standard InChI is InChI=1S/C46H32N2O2.2C39H26N2O2/c1-29-12-6-17-33(26-29)36-20-9-22-38-39-23-10-21-37(34-18-7-13-30(2)27-34)44(39)48(43(36)38)41-25-11-24-40-42(41)46(50)47(45(40)49)35-19-8-16-32(28-35)31-14-4-3-5-15-31;1-25-11-7-15-28(23-25)30-18-9-19-32-31-17-5-6-21-34(31)41(37(30)32)35-22-10-20-33-36(35)39(43)40(38(33)42)29-16-8-14-27(24-29)26-12-3-2-4-13-26;1-25-10-7-13-27(22-25)29-20-21-32-31-16-5-6-18-34(31)41(36(32)24-29)35-19-9-17-33-37(35)39(43)40(38(33)42)30-15-8-14-28(23-30)26-11-3-2-4-12-26/h3-28H,1-2H3;2*2-24H,1H3.